The lowest BCUT2D eigenvalue weighted by molar-refractivity contribution is 0.740. The Kier molecular flexibility index (Phi) is 4.25. The third-order valence-electron chi connectivity index (χ3n) is 4.82. The van der Waals surface area contributed by atoms with E-state index in [9.17, 15) is 0 Å². The van der Waals surface area contributed by atoms with Gasteiger partial charge >= 0.3 is 0 Å². The van der Waals surface area contributed by atoms with E-state index in [-0.39, 0.29) is 0 Å². The second-order valence-electron chi connectivity index (χ2n) is 6.45. The molecule has 0 unspecified atom stereocenters. The van der Waals surface area contributed by atoms with E-state index in [1.165, 1.54) is 0 Å². The summed E-state index contributed by atoms with van der Waals surface area (Å²) in [5.74, 6) is 0.941. The Balaban J connectivity index is 1.84. The van der Waals surface area contributed by atoms with Crippen molar-refractivity contribution < 1.29 is 0 Å². The van der Waals surface area contributed by atoms with Crippen molar-refractivity contribution in [3.8, 4) is 11.1 Å². The van der Waals surface area contributed by atoms with E-state index in [1.54, 1.807) is 6.07 Å². The van der Waals surface area contributed by atoms with Crippen molar-refractivity contribution in [2.75, 3.05) is 0 Å². The van der Waals surface area contributed by atoms with Crippen molar-refractivity contribution in [1.82, 2.24) is 19.3 Å². The van der Waals surface area contributed by atoms with Crippen LogP contribution in [-0.2, 0) is 13.6 Å². The Morgan fingerprint density at radius 3 is 2.58 bits per heavy atom. The van der Waals surface area contributed by atoms with E-state index in [1.807, 2.05) is 37.0 Å². The molecular weight excluding hydrogens is 367 g/mol. The molecule has 0 amide bonds. The first-order chi connectivity index (χ1) is 12.4. The number of aryl methyl sites for hydroxylation is 2. The summed E-state index contributed by atoms with van der Waals surface area (Å²) in [5, 5.41) is 5.73. The standard InChI is InChI=1S/C20H18Cl2N4/c1-12-17(10-23-25(12)3)14-4-7-19-20(9-14)26(13(2)24-19)11-15-8-16(21)5-6-18(15)22/h4-10H,11H2,1-3H3. The van der Waals surface area contributed by atoms with Gasteiger partial charge in [0.25, 0.3) is 0 Å². The van der Waals surface area contributed by atoms with Gasteiger partial charge in [0, 0.05) is 28.4 Å². The Morgan fingerprint density at radius 2 is 1.85 bits per heavy atom. The summed E-state index contributed by atoms with van der Waals surface area (Å²) in [5.41, 5.74) is 6.39. The molecule has 4 rings (SSSR count). The molecule has 0 radical (unpaired) electrons. The average Bonchev–Trinajstić information content (AvgIpc) is 3.11. The van der Waals surface area contributed by atoms with Gasteiger partial charge in [0.15, 0.2) is 0 Å². The normalized spacial score (nSPS) is 11.4. The van der Waals surface area contributed by atoms with Crippen molar-refractivity contribution in [2.45, 2.75) is 20.4 Å². The van der Waals surface area contributed by atoms with Gasteiger partial charge in [0.05, 0.1) is 23.8 Å². The first-order valence-corrected chi connectivity index (χ1v) is 9.09. The van der Waals surface area contributed by atoms with Gasteiger partial charge in [0.1, 0.15) is 5.82 Å². The van der Waals surface area contributed by atoms with Gasteiger partial charge in [-0.2, -0.15) is 5.10 Å². The first kappa shape index (κ1) is 17.1. The van der Waals surface area contributed by atoms with Crippen LogP contribution in [0.25, 0.3) is 22.2 Å². The summed E-state index contributed by atoms with van der Waals surface area (Å²) in [7, 11) is 1.95. The zero-order valence-corrected chi connectivity index (χ0v) is 16.3. The summed E-state index contributed by atoms with van der Waals surface area (Å²) in [6.07, 6.45) is 1.90. The lowest BCUT2D eigenvalue weighted by Gasteiger charge is -2.10. The summed E-state index contributed by atoms with van der Waals surface area (Å²) in [6, 6.07) is 11.9. The highest BCUT2D eigenvalue weighted by molar-refractivity contribution is 6.33. The second-order valence-corrected chi connectivity index (χ2v) is 7.30. The molecule has 0 spiro atoms. The quantitative estimate of drug-likeness (QED) is 0.473. The smallest absolute Gasteiger partial charge is 0.107 e. The molecule has 0 aliphatic carbocycles. The molecule has 4 nitrogen and oxygen atoms in total. The molecule has 26 heavy (non-hydrogen) atoms. The molecule has 0 fully saturated rings. The molecule has 0 saturated heterocycles. The number of imidazole rings is 1. The minimum absolute atomic E-state index is 0.622. The summed E-state index contributed by atoms with van der Waals surface area (Å²) in [4.78, 5) is 4.69. The lowest BCUT2D eigenvalue weighted by atomic mass is 10.1. The zero-order valence-electron chi connectivity index (χ0n) is 14.8. The maximum atomic E-state index is 6.36. The molecule has 0 atom stereocenters. The molecule has 2 aromatic heterocycles. The van der Waals surface area contributed by atoms with Crippen LogP contribution in [0.15, 0.2) is 42.6 Å². The zero-order chi connectivity index (χ0) is 18.4. The van der Waals surface area contributed by atoms with Crippen LogP contribution < -0.4 is 0 Å². The number of benzene rings is 2. The number of aromatic nitrogens is 4. The number of halogens is 2. The van der Waals surface area contributed by atoms with E-state index < -0.39 is 0 Å². The number of rotatable bonds is 3. The van der Waals surface area contributed by atoms with Crippen LogP contribution in [0.1, 0.15) is 17.1 Å². The highest BCUT2D eigenvalue weighted by Gasteiger charge is 2.13. The Hall–Kier alpha value is -2.30. The predicted octanol–water partition coefficient (Wildman–Crippen LogP) is 5.41. The lowest BCUT2D eigenvalue weighted by Crippen LogP contribution is -2.02. The van der Waals surface area contributed by atoms with Gasteiger partial charge in [-0.3, -0.25) is 4.68 Å². The molecule has 0 bridgehead atoms. The van der Waals surface area contributed by atoms with Crippen LogP contribution in [0, 0.1) is 13.8 Å². The van der Waals surface area contributed by atoms with Gasteiger partial charge in [-0.15, -0.1) is 0 Å². The monoisotopic (exact) mass is 384 g/mol. The predicted molar refractivity (Wildman–Crippen MR) is 107 cm³/mol. The highest BCUT2D eigenvalue weighted by Crippen LogP contribution is 2.29. The molecule has 0 aliphatic rings. The van der Waals surface area contributed by atoms with Crippen molar-refractivity contribution in [3.63, 3.8) is 0 Å². The Morgan fingerprint density at radius 1 is 1.04 bits per heavy atom. The molecule has 2 aromatic carbocycles. The number of nitrogens with zero attached hydrogens (tertiary/aromatic N) is 4. The fourth-order valence-electron chi connectivity index (χ4n) is 3.23. The Bertz CT molecular complexity index is 1120. The molecular formula is C20H18Cl2N4. The fraction of sp³-hybridized carbons (Fsp3) is 0.200. The highest BCUT2D eigenvalue weighted by atomic mass is 35.5. The minimum Gasteiger partial charge on any atom is -0.324 e. The van der Waals surface area contributed by atoms with Crippen molar-refractivity contribution >= 4 is 34.2 Å². The SMILES string of the molecule is Cc1c(-c2ccc3nc(C)n(Cc4cc(Cl)ccc4Cl)c3c2)cnn1C. The van der Waals surface area contributed by atoms with E-state index in [4.69, 9.17) is 23.2 Å². The van der Waals surface area contributed by atoms with E-state index in [0.29, 0.717) is 16.6 Å². The molecule has 0 N–H and O–H groups in total. The summed E-state index contributed by atoms with van der Waals surface area (Å²) >= 11 is 12.5. The molecule has 132 valence electrons. The third-order valence-corrected chi connectivity index (χ3v) is 5.43. The second kappa shape index (κ2) is 6.45. The number of hydrogen-bond donors (Lipinski definition) is 0. The fourth-order valence-corrected chi connectivity index (χ4v) is 3.60. The van der Waals surface area contributed by atoms with Crippen molar-refractivity contribution in [2.24, 2.45) is 7.05 Å². The van der Waals surface area contributed by atoms with Crippen molar-refractivity contribution in [3.05, 3.63) is 69.7 Å². The van der Waals surface area contributed by atoms with Crippen LogP contribution in [0.4, 0.5) is 0 Å². The maximum Gasteiger partial charge on any atom is 0.107 e. The minimum atomic E-state index is 0.622. The Labute approximate surface area is 162 Å². The molecule has 0 saturated carbocycles. The maximum absolute atomic E-state index is 6.36. The molecule has 2 heterocycles. The number of fused-ring (bicyclic) bond motifs is 1. The third kappa shape index (κ3) is 2.89. The van der Waals surface area contributed by atoms with E-state index >= 15 is 0 Å². The van der Waals surface area contributed by atoms with Crippen LogP contribution in [-0.4, -0.2) is 19.3 Å². The van der Waals surface area contributed by atoms with Crippen LogP contribution in [0.3, 0.4) is 0 Å². The summed E-state index contributed by atoms with van der Waals surface area (Å²) in [6.45, 7) is 4.70. The van der Waals surface area contributed by atoms with Crippen molar-refractivity contribution in [1.29, 1.82) is 0 Å². The first-order valence-electron chi connectivity index (χ1n) is 8.34. The van der Waals surface area contributed by atoms with E-state index in [0.717, 1.165) is 39.2 Å². The van der Waals surface area contributed by atoms with Crippen LogP contribution >= 0.6 is 23.2 Å². The number of hydrogen-bond acceptors (Lipinski definition) is 2. The summed E-state index contributed by atoms with van der Waals surface area (Å²) < 4.78 is 4.05. The largest absolute Gasteiger partial charge is 0.324 e. The topological polar surface area (TPSA) is 35.6 Å². The molecule has 0 aliphatic heterocycles. The van der Waals surface area contributed by atoms with Gasteiger partial charge in [-0.1, -0.05) is 29.3 Å². The average molecular weight is 385 g/mol. The molecule has 4 aromatic rings. The van der Waals surface area contributed by atoms with E-state index in [2.05, 4.69) is 39.8 Å². The van der Waals surface area contributed by atoms with Gasteiger partial charge in [0.2, 0.25) is 0 Å². The van der Waals surface area contributed by atoms with Gasteiger partial charge in [-0.05, 0) is 55.3 Å². The van der Waals surface area contributed by atoms with Gasteiger partial charge < -0.3 is 4.57 Å². The molecule has 6 heteroatoms. The van der Waals surface area contributed by atoms with Gasteiger partial charge in [-0.25, -0.2) is 4.98 Å². The van der Waals surface area contributed by atoms with Crippen LogP contribution in [0.5, 0.6) is 0 Å². The van der Waals surface area contributed by atoms with Crippen LogP contribution in [0.2, 0.25) is 10.0 Å².